The Bertz CT molecular complexity index is 628. The second-order valence-corrected chi connectivity index (χ2v) is 5.27. The van der Waals surface area contributed by atoms with E-state index >= 15 is 0 Å². The largest absolute Gasteiger partial charge is 0.490 e. The van der Waals surface area contributed by atoms with Crippen molar-refractivity contribution in [3.8, 4) is 16.9 Å². The number of hydrogen-bond acceptors (Lipinski definition) is 5. The zero-order valence-electron chi connectivity index (χ0n) is 12.2. The van der Waals surface area contributed by atoms with Crippen molar-refractivity contribution >= 4 is 5.95 Å². The van der Waals surface area contributed by atoms with Crippen molar-refractivity contribution < 1.29 is 13.9 Å². The molecule has 1 aromatic heterocycles. The van der Waals surface area contributed by atoms with Crippen molar-refractivity contribution in [2.75, 3.05) is 18.9 Å². The van der Waals surface area contributed by atoms with E-state index in [-0.39, 0.29) is 17.9 Å². The fourth-order valence-corrected chi connectivity index (χ4v) is 2.45. The quantitative estimate of drug-likeness (QED) is 0.940. The molecule has 1 saturated heterocycles. The Labute approximate surface area is 128 Å². The van der Waals surface area contributed by atoms with Crippen LogP contribution in [0.4, 0.5) is 10.3 Å². The van der Waals surface area contributed by atoms with E-state index in [4.69, 9.17) is 15.2 Å². The molecule has 22 heavy (non-hydrogen) atoms. The highest BCUT2D eigenvalue weighted by molar-refractivity contribution is 5.69. The maximum absolute atomic E-state index is 13.6. The van der Waals surface area contributed by atoms with Gasteiger partial charge >= 0.3 is 0 Å². The van der Waals surface area contributed by atoms with Gasteiger partial charge in [-0.25, -0.2) is 14.4 Å². The van der Waals surface area contributed by atoms with Gasteiger partial charge < -0.3 is 15.2 Å². The lowest BCUT2D eigenvalue weighted by atomic mass is 10.1. The molecule has 1 aliphatic heterocycles. The summed E-state index contributed by atoms with van der Waals surface area (Å²) in [5.41, 5.74) is 6.75. The predicted octanol–water partition coefficient (Wildman–Crippen LogP) is 2.81. The van der Waals surface area contributed by atoms with Crippen LogP contribution in [-0.4, -0.2) is 29.3 Å². The smallest absolute Gasteiger partial charge is 0.219 e. The van der Waals surface area contributed by atoms with E-state index in [1.165, 1.54) is 12.1 Å². The van der Waals surface area contributed by atoms with Crippen LogP contribution in [0.1, 0.15) is 19.3 Å². The zero-order valence-corrected chi connectivity index (χ0v) is 12.2. The standard InChI is InChI=1S/C16H18FN3O2/c17-12-4-5-15(22-10-13-3-1-2-6-21-13)14(7-12)11-8-19-16(18)20-9-11/h4-5,7-9,13H,1-3,6,10H2,(H2,18,19,20). The van der Waals surface area contributed by atoms with E-state index in [9.17, 15) is 4.39 Å². The van der Waals surface area contributed by atoms with E-state index in [1.807, 2.05) is 0 Å². The molecule has 0 saturated carbocycles. The third kappa shape index (κ3) is 3.51. The molecule has 2 heterocycles. The zero-order chi connectivity index (χ0) is 15.4. The topological polar surface area (TPSA) is 70.3 Å². The van der Waals surface area contributed by atoms with Gasteiger partial charge in [-0.3, -0.25) is 0 Å². The van der Waals surface area contributed by atoms with Gasteiger partial charge in [0, 0.05) is 30.1 Å². The summed E-state index contributed by atoms with van der Waals surface area (Å²) < 4.78 is 25.0. The molecule has 3 rings (SSSR count). The lowest BCUT2D eigenvalue weighted by Gasteiger charge is -2.23. The van der Waals surface area contributed by atoms with Gasteiger partial charge in [0.1, 0.15) is 18.2 Å². The van der Waals surface area contributed by atoms with Gasteiger partial charge in [-0.05, 0) is 37.5 Å². The lowest BCUT2D eigenvalue weighted by Crippen LogP contribution is -2.25. The highest BCUT2D eigenvalue weighted by Gasteiger charge is 2.16. The van der Waals surface area contributed by atoms with Crippen LogP contribution >= 0.6 is 0 Å². The Morgan fingerprint density at radius 2 is 2.09 bits per heavy atom. The molecule has 0 bridgehead atoms. The summed E-state index contributed by atoms with van der Waals surface area (Å²) in [5, 5.41) is 0. The molecule has 0 radical (unpaired) electrons. The van der Waals surface area contributed by atoms with E-state index in [2.05, 4.69) is 9.97 Å². The summed E-state index contributed by atoms with van der Waals surface area (Å²) in [4.78, 5) is 7.88. The van der Waals surface area contributed by atoms with Crippen LogP contribution in [0, 0.1) is 5.82 Å². The molecular formula is C16H18FN3O2. The summed E-state index contributed by atoms with van der Waals surface area (Å²) in [5.74, 6) is 0.426. The van der Waals surface area contributed by atoms with Gasteiger partial charge in [-0.1, -0.05) is 0 Å². The average Bonchev–Trinajstić information content (AvgIpc) is 2.55. The molecule has 1 aliphatic rings. The number of anilines is 1. The van der Waals surface area contributed by atoms with Crippen LogP contribution in [0.3, 0.4) is 0 Å². The molecule has 5 nitrogen and oxygen atoms in total. The van der Waals surface area contributed by atoms with Gasteiger partial charge in [0.25, 0.3) is 0 Å². The van der Waals surface area contributed by atoms with E-state index < -0.39 is 0 Å². The summed E-state index contributed by atoms with van der Waals surface area (Å²) in [6.45, 7) is 1.23. The number of benzene rings is 1. The van der Waals surface area contributed by atoms with E-state index in [0.717, 1.165) is 25.9 Å². The molecule has 1 aromatic carbocycles. The Morgan fingerprint density at radius 3 is 2.82 bits per heavy atom. The van der Waals surface area contributed by atoms with Crippen molar-refractivity contribution in [3.05, 3.63) is 36.4 Å². The number of aromatic nitrogens is 2. The number of nitrogens with zero attached hydrogens (tertiary/aromatic N) is 2. The summed E-state index contributed by atoms with van der Waals surface area (Å²) >= 11 is 0. The first-order chi connectivity index (χ1) is 10.7. The van der Waals surface area contributed by atoms with Crippen LogP contribution in [0.25, 0.3) is 11.1 Å². The maximum atomic E-state index is 13.6. The van der Waals surface area contributed by atoms with Crippen LogP contribution < -0.4 is 10.5 Å². The average molecular weight is 303 g/mol. The summed E-state index contributed by atoms with van der Waals surface area (Å²) in [6.07, 6.45) is 6.44. The second kappa shape index (κ2) is 6.70. The molecule has 116 valence electrons. The molecule has 1 fully saturated rings. The maximum Gasteiger partial charge on any atom is 0.219 e. The predicted molar refractivity (Wildman–Crippen MR) is 80.9 cm³/mol. The minimum absolute atomic E-state index is 0.0920. The van der Waals surface area contributed by atoms with Crippen molar-refractivity contribution in [2.45, 2.75) is 25.4 Å². The first kappa shape index (κ1) is 14.7. The Balaban J connectivity index is 1.79. The fraction of sp³-hybridized carbons (Fsp3) is 0.375. The van der Waals surface area contributed by atoms with Crippen LogP contribution in [-0.2, 0) is 4.74 Å². The third-order valence-corrected chi connectivity index (χ3v) is 3.62. The molecule has 0 spiro atoms. The Kier molecular flexibility index (Phi) is 4.48. The third-order valence-electron chi connectivity index (χ3n) is 3.62. The van der Waals surface area contributed by atoms with Gasteiger partial charge in [-0.15, -0.1) is 0 Å². The van der Waals surface area contributed by atoms with Gasteiger partial charge in [0.2, 0.25) is 5.95 Å². The molecule has 2 aromatic rings. The number of nitrogens with two attached hydrogens (primary N) is 1. The first-order valence-corrected chi connectivity index (χ1v) is 7.34. The van der Waals surface area contributed by atoms with E-state index in [0.29, 0.717) is 23.5 Å². The van der Waals surface area contributed by atoms with Crippen molar-refractivity contribution in [1.82, 2.24) is 9.97 Å². The number of rotatable bonds is 4. The first-order valence-electron chi connectivity index (χ1n) is 7.34. The Morgan fingerprint density at radius 1 is 1.27 bits per heavy atom. The number of hydrogen-bond donors (Lipinski definition) is 1. The van der Waals surface area contributed by atoms with Gasteiger partial charge in [0.05, 0.1) is 6.10 Å². The van der Waals surface area contributed by atoms with Crippen molar-refractivity contribution in [3.63, 3.8) is 0 Å². The van der Waals surface area contributed by atoms with Crippen LogP contribution in [0.2, 0.25) is 0 Å². The molecule has 1 unspecified atom stereocenters. The summed E-state index contributed by atoms with van der Waals surface area (Å²) in [6, 6.07) is 4.40. The minimum atomic E-state index is -0.340. The highest BCUT2D eigenvalue weighted by atomic mass is 19.1. The second-order valence-electron chi connectivity index (χ2n) is 5.27. The normalized spacial score (nSPS) is 18.1. The van der Waals surface area contributed by atoms with Crippen molar-refractivity contribution in [1.29, 1.82) is 0 Å². The highest BCUT2D eigenvalue weighted by Crippen LogP contribution is 2.30. The molecular weight excluding hydrogens is 285 g/mol. The van der Waals surface area contributed by atoms with Crippen LogP contribution in [0.15, 0.2) is 30.6 Å². The lowest BCUT2D eigenvalue weighted by molar-refractivity contribution is -0.0109. The molecule has 0 amide bonds. The molecule has 0 aliphatic carbocycles. The van der Waals surface area contributed by atoms with Crippen LogP contribution in [0.5, 0.6) is 5.75 Å². The fourth-order valence-electron chi connectivity index (χ4n) is 2.45. The Hall–Kier alpha value is -2.21. The number of halogens is 1. The van der Waals surface area contributed by atoms with E-state index in [1.54, 1.807) is 18.5 Å². The SMILES string of the molecule is Nc1ncc(-c2cc(F)ccc2OCC2CCCCO2)cn1. The number of nitrogen functional groups attached to an aromatic ring is 1. The molecule has 6 heteroatoms. The monoisotopic (exact) mass is 303 g/mol. The van der Waals surface area contributed by atoms with Gasteiger partial charge in [0.15, 0.2) is 0 Å². The summed E-state index contributed by atoms with van der Waals surface area (Å²) in [7, 11) is 0. The van der Waals surface area contributed by atoms with Crippen molar-refractivity contribution in [2.24, 2.45) is 0 Å². The molecule has 1 atom stereocenters. The van der Waals surface area contributed by atoms with Gasteiger partial charge in [-0.2, -0.15) is 0 Å². The number of ether oxygens (including phenoxy) is 2. The minimum Gasteiger partial charge on any atom is -0.490 e. The molecule has 2 N–H and O–H groups in total.